The largest absolute Gasteiger partial charge is 0.304 e. The van der Waals surface area contributed by atoms with Crippen LogP contribution < -0.4 is 4.90 Å². The molecule has 0 unspecified atom stereocenters. The molecule has 2 aliphatic rings. The summed E-state index contributed by atoms with van der Waals surface area (Å²) in [6.45, 7) is 3.51. The Bertz CT molecular complexity index is 553. The maximum atomic E-state index is 12.6. The van der Waals surface area contributed by atoms with Crippen LogP contribution >= 0.6 is 11.6 Å². The number of halogens is 1. The molecule has 0 aliphatic carbocycles. The average Bonchev–Trinajstić information content (AvgIpc) is 2.76. The van der Waals surface area contributed by atoms with Crippen LogP contribution in [-0.2, 0) is 9.59 Å². The smallest absolute Gasteiger partial charge is 0.251 e. The summed E-state index contributed by atoms with van der Waals surface area (Å²) >= 11 is 5.85. The number of anilines is 1. The minimum absolute atomic E-state index is 0.119. The van der Waals surface area contributed by atoms with E-state index in [0.29, 0.717) is 10.7 Å². The third-order valence-corrected chi connectivity index (χ3v) is 4.44. The molecule has 3 rings (SSSR count). The first-order valence-electron chi connectivity index (χ1n) is 7.11. The number of hydrogen-bond acceptors (Lipinski definition) is 4. The number of carbonyl (C=O) groups excluding carboxylic acids is 2. The third kappa shape index (κ3) is 2.81. The van der Waals surface area contributed by atoms with Crippen LogP contribution in [0.2, 0.25) is 5.02 Å². The molecule has 2 saturated heterocycles. The van der Waals surface area contributed by atoms with Crippen molar-refractivity contribution in [1.82, 2.24) is 9.80 Å². The van der Waals surface area contributed by atoms with Crippen LogP contribution in [0.1, 0.15) is 6.42 Å². The van der Waals surface area contributed by atoms with Gasteiger partial charge in [0.05, 0.1) is 18.2 Å². The van der Waals surface area contributed by atoms with Crippen LogP contribution in [0, 0.1) is 0 Å². The minimum Gasteiger partial charge on any atom is -0.304 e. The number of likely N-dealkylation sites (N-methyl/N-ethyl adjacent to an activating group) is 1. The van der Waals surface area contributed by atoms with Gasteiger partial charge < -0.3 is 4.90 Å². The van der Waals surface area contributed by atoms with Crippen molar-refractivity contribution in [2.45, 2.75) is 12.5 Å². The molecule has 0 radical (unpaired) electrons. The van der Waals surface area contributed by atoms with E-state index in [1.54, 1.807) is 24.3 Å². The molecule has 21 heavy (non-hydrogen) atoms. The van der Waals surface area contributed by atoms with E-state index in [1.807, 2.05) is 0 Å². The van der Waals surface area contributed by atoms with Gasteiger partial charge >= 0.3 is 0 Å². The Kier molecular flexibility index (Phi) is 3.97. The van der Waals surface area contributed by atoms with Gasteiger partial charge in [0.1, 0.15) is 0 Å². The fourth-order valence-electron chi connectivity index (χ4n) is 2.90. The first kappa shape index (κ1) is 14.5. The van der Waals surface area contributed by atoms with Gasteiger partial charge in [0.25, 0.3) is 5.91 Å². The lowest BCUT2D eigenvalue weighted by Gasteiger charge is -2.35. The van der Waals surface area contributed by atoms with Gasteiger partial charge in [0, 0.05) is 31.2 Å². The number of amides is 2. The zero-order chi connectivity index (χ0) is 15.0. The van der Waals surface area contributed by atoms with Crippen molar-refractivity contribution in [3.05, 3.63) is 29.3 Å². The van der Waals surface area contributed by atoms with E-state index in [2.05, 4.69) is 16.8 Å². The lowest BCUT2D eigenvalue weighted by atomic mass is 10.2. The summed E-state index contributed by atoms with van der Waals surface area (Å²) in [5, 5.41) is 0.591. The van der Waals surface area contributed by atoms with Crippen molar-refractivity contribution in [2.24, 2.45) is 0 Å². The van der Waals surface area contributed by atoms with Crippen LogP contribution in [0.4, 0.5) is 5.69 Å². The number of piperazine rings is 1. The standard InChI is InChI=1S/C15H18ClN3O2/c1-17-6-8-18(9-7-17)13-10-14(20)19(15(13)21)12-4-2-11(16)3-5-12/h2-5,13H,6-10H2,1H3/t13-/m0/s1. The first-order chi connectivity index (χ1) is 10.1. The molecule has 1 aromatic rings. The van der Waals surface area contributed by atoms with Crippen molar-refractivity contribution in [1.29, 1.82) is 0 Å². The van der Waals surface area contributed by atoms with Crippen molar-refractivity contribution in [2.75, 3.05) is 38.1 Å². The molecule has 2 amide bonds. The van der Waals surface area contributed by atoms with Crippen LogP contribution in [0.3, 0.4) is 0 Å². The molecule has 5 nitrogen and oxygen atoms in total. The van der Waals surface area contributed by atoms with E-state index in [1.165, 1.54) is 4.90 Å². The molecular weight excluding hydrogens is 290 g/mol. The maximum absolute atomic E-state index is 12.6. The summed E-state index contributed by atoms with van der Waals surface area (Å²) in [5.41, 5.74) is 0.603. The second-order valence-electron chi connectivity index (χ2n) is 5.60. The number of imide groups is 1. The maximum Gasteiger partial charge on any atom is 0.251 e. The highest BCUT2D eigenvalue weighted by Crippen LogP contribution is 2.27. The van der Waals surface area contributed by atoms with Gasteiger partial charge in [-0.25, -0.2) is 4.90 Å². The fourth-order valence-corrected chi connectivity index (χ4v) is 3.02. The minimum atomic E-state index is -0.318. The summed E-state index contributed by atoms with van der Waals surface area (Å²) in [5.74, 6) is -0.252. The Balaban J connectivity index is 1.77. The summed E-state index contributed by atoms with van der Waals surface area (Å²) in [6, 6.07) is 6.50. The van der Waals surface area contributed by atoms with E-state index in [-0.39, 0.29) is 24.3 Å². The van der Waals surface area contributed by atoms with Crippen LogP contribution in [0.5, 0.6) is 0 Å². The highest BCUT2D eigenvalue weighted by Gasteiger charge is 2.43. The molecule has 6 heteroatoms. The van der Waals surface area contributed by atoms with Gasteiger partial charge in [0.15, 0.2) is 0 Å². The van der Waals surface area contributed by atoms with Crippen LogP contribution in [-0.4, -0.2) is 60.9 Å². The summed E-state index contributed by atoms with van der Waals surface area (Å²) in [4.78, 5) is 30.5. The van der Waals surface area contributed by atoms with Gasteiger partial charge in [-0.1, -0.05) is 11.6 Å². The van der Waals surface area contributed by atoms with Gasteiger partial charge in [-0.05, 0) is 31.3 Å². The summed E-state index contributed by atoms with van der Waals surface area (Å²) < 4.78 is 0. The molecule has 0 spiro atoms. The molecule has 0 aromatic heterocycles. The quantitative estimate of drug-likeness (QED) is 0.771. The molecule has 2 heterocycles. The van der Waals surface area contributed by atoms with E-state index in [0.717, 1.165) is 26.2 Å². The number of benzene rings is 1. The molecule has 0 bridgehead atoms. The zero-order valence-corrected chi connectivity index (χ0v) is 12.7. The van der Waals surface area contributed by atoms with Crippen LogP contribution in [0.15, 0.2) is 24.3 Å². The fraction of sp³-hybridized carbons (Fsp3) is 0.467. The lowest BCUT2D eigenvalue weighted by Crippen LogP contribution is -2.51. The predicted molar refractivity (Wildman–Crippen MR) is 81.4 cm³/mol. The van der Waals surface area contributed by atoms with Crippen molar-refractivity contribution >= 4 is 29.1 Å². The first-order valence-corrected chi connectivity index (χ1v) is 7.49. The molecule has 0 N–H and O–H groups in total. The van der Waals surface area contributed by atoms with Crippen LogP contribution in [0.25, 0.3) is 0 Å². The monoisotopic (exact) mass is 307 g/mol. The van der Waals surface area contributed by atoms with Gasteiger partial charge in [-0.3, -0.25) is 14.5 Å². The van der Waals surface area contributed by atoms with Crippen molar-refractivity contribution in [3.8, 4) is 0 Å². The van der Waals surface area contributed by atoms with E-state index >= 15 is 0 Å². The molecule has 0 saturated carbocycles. The number of rotatable bonds is 2. The lowest BCUT2D eigenvalue weighted by molar-refractivity contribution is -0.123. The molecule has 2 fully saturated rings. The molecule has 1 aromatic carbocycles. The Hall–Kier alpha value is -1.43. The number of nitrogens with zero attached hydrogens (tertiary/aromatic N) is 3. The second-order valence-corrected chi connectivity index (χ2v) is 6.04. The molecule has 112 valence electrons. The molecule has 1 atom stereocenters. The highest BCUT2D eigenvalue weighted by molar-refractivity contribution is 6.30. The van der Waals surface area contributed by atoms with Gasteiger partial charge in [-0.2, -0.15) is 0 Å². The Labute approximate surface area is 129 Å². The normalized spacial score (nSPS) is 24.9. The Morgan fingerprint density at radius 1 is 1.05 bits per heavy atom. The van der Waals surface area contributed by atoms with Gasteiger partial charge in [-0.15, -0.1) is 0 Å². The Morgan fingerprint density at radius 3 is 2.29 bits per heavy atom. The SMILES string of the molecule is CN1CCN([C@H]2CC(=O)N(c3ccc(Cl)cc3)C2=O)CC1. The average molecular weight is 308 g/mol. The highest BCUT2D eigenvalue weighted by atomic mass is 35.5. The van der Waals surface area contributed by atoms with Crippen molar-refractivity contribution < 1.29 is 9.59 Å². The van der Waals surface area contributed by atoms with E-state index in [4.69, 9.17) is 11.6 Å². The number of carbonyl (C=O) groups is 2. The third-order valence-electron chi connectivity index (χ3n) is 4.19. The number of hydrogen-bond donors (Lipinski definition) is 0. The Morgan fingerprint density at radius 2 is 1.67 bits per heavy atom. The predicted octanol–water partition coefficient (Wildman–Crippen LogP) is 1.22. The van der Waals surface area contributed by atoms with E-state index < -0.39 is 0 Å². The van der Waals surface area contributed by atoms with Gasteiger partial charge in [0.2, 0.25) is 5.91 Å². The van der Waals surface area contributed by atoms with E-state index in [9.17, 15) is 9.59 Å². The topological polar surface area (TPSA) is 43.9 Å². The zero-order valence-electron chi connectivity index (χ0n) is 12.0. The summed E-state index contributed by atoms with van der Waals surface area (Å²) in [6.07, 6.45) is 0.269. The second kappa shape index (κ2) is 5.75. The molecular formula is C15H18ClN3O2. The van der Waals surface area contributed by atoms with Crippen molar-refractivity contribution in [3.63, 3.8) is 0 Å². The summed E-state index contributed by atoms with van der Waals surface area (Å²) in [7, 11) is 2.07. The molecule has 2 aliphatic heterocycles.